The molecule has 0 saturated carbocycles. The third kappa shape index (κ3) is 3.65. The van der Waals surface area contributed by atoms with Crippen molar-refractivity contribution in [2.75, 3.05) is 0 Å². The van der Waals surface area contributed by atoms with Gasteiger partial charge in [0.25, 0.3) is 5.56 Å². The maximum Gasteiger partial charge on any atom is 0.433 e. The Morgan fingerprint density at radius 2 is 1.52 bits per heavy atom. The second kappa shape index (κ2) is 7.84. The molecule has 0 aliphatic rings. The van der Waals surface area contributed by atoms with E-state index < -0.39 is 90.7 Å². The van der Waals surface area contributed by atoms with Crippen LogP contribution in [0.25, 0.3) is 5.69 Å². The van der Waals surface area contributed by atoms with Crippen molar-refractivity contribution in [2.24, 2.45) is 0 Å². The molecule has 3 rings (SSSR count). The van der Waals surface area contributed by atoms with Crippen molar-refractivity contribution < 1.29 is 44.3 Å². The van der Waals surface area contributed by atoms with E-state index in [0.29, 0.717) is 6.07 Å². The fourth-order valence-corrected chi connectivity index (χ4v) is 2.93. The largest absolute Gasteiger partial charge is 0.433 e. The van der Waals surface area contributed by atoms with Crippen molar-refractivity contribution in [3.05, 3.63) is 85.3 Å². The Kier molecular flexibility index (Phi) is 5.61. The highest BCUT2D eigenvalue weighted by molar-refractivity contribution is 6.09. The number of carbonyl (C=O) groups excluding carboxylic acids is 1. The van der Waals surface area contributed by atoms with Gasteiger partial charge in [-0.2, -0.15) is 18.4 Å². The van der Waals surface area contributed by atoms with Crippen LogP contribution in [0.15, 0.2) is 16.9 Å². The second-order valence-corrected chi connectivity index (χ2v) is 6.51. The minimum Gasteiger partial charge on any atom is -0.288 e. The van der Waals surface area contributed by atoms with Crippen molar-refractivity contribution in [1.29, 1.82) is 5.26 Å². The van der Waals surface area contributed by atoms with Gasteiger partial charge in [-0.15, -0.1) is 0 Å². The van der Waals surface area contributed by atoms with Crippen molar-refractivity contribution in [3.63, 3.8) is 0 Å². The van der Waals surface area contributed by atoms with Crippen molar-refractivity contribution in [3.8, 4) is 11.8 Å². The zero-order valence-corrected chi connectivity index (χ0v) is 15.8. The van der Waals surface area contributed by atoms with Crippen LogP contribution in [0, 0.1) is 53.2 Å². The Labute approximate surface area is 176 Å². The summed E-state index contributed by atoms with van der Waals surface area (Å²) >= 11 is 0. The normalized spacial score (nSPS) is 11.5. The van der Waals surface area contributed by atoms with Crippen LogP contribution in [-0.4, -0.2) is 15.6 Å². The molecular formula is C19H6F9N3O2. The summed E-state index contributed by atoms with van der Waals surface area (Å²) < 4.78 is 123. The number of aromatic amines is 1. The number of nitrogens with one attached hydrogen (secondary N) is 1. The summed E-state index contributed by atoms with van der Waals surface area (Å²) in [6.07, 6.45) is -5.56. The summed E-state index contributed by atoms with van der Waals surface area (Å²) in [7, 11) is 0. The molecule has 0 radical (unpaired) electrons. The minimum atomic E-state index is -5.56. The molecule has 0 amide bonds. The molecule has 0 unspecified atom stereocenters. The van der Waals surface area contributed by atoms with Crippen LogP contribution in [0.4, 0.5) is 39.5 Å². The first-order valence-electron chi connectivity index (χ1n) is 8.41. The lowest BCUT2D eigenvalue weighted by Gasteiger charge is -2.09. The highest BCUT2D eigenvalue weighted by Gasteiger charge is 2.42. The third-order valence-electron chi connectivity index (χ3n) is 4.45. The summed E-state index contributed by atoms with van der Waals surface area (Å²) in [6, 6.07) is 1.60. The maximum atomic E-state index is 14.3. The van der Waals surface area contributed by atoms with E-state index in [1.807, 2.05) is 0 Å². The second-order valence-electron chi connectivity index (χ2n) is 6.51. The Balaban J connectivity index is 2.39. The Hall–Kier alpha value is -4.02. The molecule has 0 aliphatic carbocycles. The van der Waals surface area contributed by atoms with Crippen molar-refractivity contribution >= 4 is 5.78 Å². The van der Waals surface area contributed by atoms with E-state index in [2.05, 4.69) is 0 Å². The van der Waals surface area contributed by atoms with Crippen LogP contribution in [0.2, 0.25) is 0 Å². The average molecular weight is 479 g/mol. The highest BCUT2D eigenvalue weighted by Crippen LogP contribution is 2.32. The Morgan fingerprint density at radius 3 is 1.97 bits per heavy atom. The smallest absolute Gasteiger partial charge is 0.288 e. The number of halogens is 9. The van der Waals surface area contributed by atoms with Gasteiger partial charge in [-0.05, 0) is 24.6 Å². The number of alkyl halides is 3. The van der Waals surface area contributed by atoms with Crippen LogP contribution >= 0.6 is 0 Å². The summed E-state index contributed by atoms with van der Waals surface area (Å²) in [5, 5.41) is 9.76. The van der Waals surface area contributed by atoms with Crippen LogP contribution < -0.4 is 5.56 Å². The number of ketones is 1. The number of hydrogen-bond acceptors (Lipinski definition) is 3. The van der Waals surface area contributed by atoms with Gasteiger partial charge in [0, 0.05) is 5.56 Å². The lowest BCUT2D eigenvalue weighted by molar-refractivity contribution is -0.141. The van der Waals surface area contributed by atoms with Gasteiger partial charge < -0.3 is 0 Å². The molecule has 0 bridgehead atoms. The molecule has 14 heteroatoms. The quantitative estimate of drug-likeness (QED) is 0.343. The fourth-order valence-electron chi connectivity index (χ4n) is 2.93. The fraction of sp³-hybridized carbons (Fsp3) is 0.105. The number of benzene rings is 2. The first-order valence-corrected chi connectivity index (χ1v) is 8.41. The first kappa shape index (κ1) is 23.6. The lowest BCUT2D eigenvalue weighted by Crippen LogP contribution is -2.24. The number of hydrogen-bond donors (Lipinski definition) is 1. The Bertz CT molecular complexity index is 1380. The molecule has 0 atom stereocenters. The molecule has 0 saturated heterocycles. The molecule has 2 aromatic carbocycles. The summed E-state index contributed by atoms with van der Waals surface area (Å²) in [6.45, 7) is 0.961. The number of rotatable bonds is 3. The van der Waals surface area contributed by atoms with Crippen LogP contribution in [0.1, 0.15) is 32.7 Å². The SMILES string of the molecule is Cc1cc(C(=O)c2c(C(F)(F)F)[nH]n(-c3c(F)c(F)c(C#N)c(F)c3F)c2=O)cc(F)c1F. The summed E-state index contributed by atoms with van der Waals surface area (Å²) in [5.41, 5.74) is -11.3. The molecule has 5 nitrogen and oxygen atoms in total. The zero-order valence-electron chi connectivity index (χ0n) is 15.8. The van der Waals surface area contributed by atoms with Gasteiger partial charge >= 0.3 is 6.18 Å². The van der Waals surface area contributed by atoms with E-state index in [4.69, 9.17) is 5.26 Å². The van der Waals surface area contributed by atoms with E-state index in [1.54, 1.807) is 0 Å². The van der Waals surface area contributed by atoms with Gasteiger partial charge in [0.2, 0.25) is 5.78 Å². The van der Waals surface area contributed by atoms with E-state index >= 15 is 0 Å². The van der Waals surface area contributed by atoms with Gasteiger partial charge in [-0.3, -0.25) is 14.7 Å². The molecule has 0 fully saturated rings. The van der Waals surface area contributed by atoms with E-state index in [9.17, 15) is 49.1 Å². The minimum absolute atomic E-state index is 0.184. The van der Waals surface area contributed by atoms with Gasteiger partial charge in [-0.1, -0.05) is 0 Å². The molecule has 0 aliphatic heterocycles. The number of aromatic nitrogens is 2. The molecule has 172 valence electrons. The number of H-pyrrole nitrogens is 1. The zero-order chi connectivity index (χ0) is 25.0. The topological polar surface area (TPSA) is 78.7 Å². The highest BCUT2D eigenvalue weighted by atomic mass is 19.4. The first-order chi connectivity index (χ1) is 15.2. The number of nitrogens with zero attached hydrogens (tertiary/aromatic N) is 2. The van der Waals surface area contributed by atoms with Crippen LogP contribution in [0.3, 0.4) is 0 Å². The molecule has 1 heterocycles. The van der Waals surface area contributed by atoms with Crippen LogP contribution in [0.5, 0.6) is 0 Å². The summed E-state index contributed by atoms with van der Waals surface area (Å²) in [5.74, 6) is -14.4. The van der Waals surface area contributed by atoms with Crippen molar-refractivity contribution in [2.45, 2.75) is 13.1 Å². The number of carbonyl (C=O) groups is 1. The van der Waals surface area contributed by atoms with Crippen LogP contribution in [-0.2, 0) is 6.18 Å². The average Bonchev–Trinajstić information content (AvgIpc) is 3.07. The van der Waals surface area contributed by atoms with Gasteiger partial charge in [-0.25, -0.2) is 31.0 Å². The molecular weight excluding hydrogens is 473 g/mol. The predicted molar refractivity (Wildman–Crippen MR) is 90.5 cm³/mol. The van der Waals surface area contributed by atoms with Crippen molar-refractivity contribution in [1.82, 2.24) is 9.78 Å². The standard InChI is InChI=1S/C19H6F9N3O2/c1-5-2-6(3-8(20)10(5)21)16(32)9-17(19(26,27)28)30-31(18(9)33)15-13(24)11(22)7(4-29)12(23)14(15)25/h2-3,30H,1H3. The molecule has 3 aromatic rings. The molecule has 1 aromatic heterocycles. The number of nitriles is 1. The molecule has 33 heavy (non-hydrogen) atoms. The van der Waals surface area contributed by atoms with E-state index in [0.717, 1.165) is 13.0 Å². The van der Waals surface area contributed by atoms with Gasteiger partial charge in [0.1, 0.15) is 22.9 Å². The third-order valence-corrected chi connectivity index (χ3v) is 4.45. The summed E-state index contributed by atoms with van der Waals surface area (Å²) in [4.78, 5) is 25.2. The van der Waals surface area contributed by atoms with Gasteiger partial charge in [0.05, 0.1) is 0 Å². The van der Waals surface area contributed by atoms with E-state index in [1.165, 1.54) is 5.10 Å². The maximum absolute atomic E-state index is 14.3. The molecule has 1 N–H and O–H groups in total. The Morgan fingerprint density at radius 1 is 0.970 bits per heavy atom. The predicted octanol–water partition coefficient (Wildman–Crippen LogP) is 4.43. The van der Waals surface area contributed by atoms with E-state index in [-0.39, 0.29) is 6.07 Å². The monoisotopic (exact) mass is 479 g/mol. The molecule has 0 spiro atoms. The lowest BCUT2D eigenvalue weighted by atomic mass is 10.0. The van der Waals surface area contributed by atoms with Gasteiger partial charge in [0.15, 0.2) is 40.6 Å². The number of aryl methyl sites for hydroxylation is 1.